The van der Waals surface area contributed by atoms with Gasteiger partial charge in [0.2, 0.25) is 0 Å². The maximum absolute atomic E-state index is 13.4. The van der Waals surface area contributed by atoms with Gasteiger partial charge in [0.1, 0.15) is 5.76 Å². The summed E-state index contributed by atoms with van der Waals surface area (Å²) in [6.07, 6.45) is 4.94. The first-order valence-corrected chi connectivity index (χ1v) is 10.1. The van der Waals surface area contributed by atoms with E-state index in [1.165, 1.54) is 0 Å². The Bertz CT molecular complexity index is 759. The van der Waals surface area contributed by atoms with Gasteiger partial charge in [0.05, 0.1) is 0 Å². The summed E-state index contributed by atoms with van der Waals surface area (Å²) in [6, 6.07) is 0. The Morgan fingerprint density at radius 2 is 1.62 bits per heavy atom. The van der Waals surface area contributed by atoms with Gasteiger partial charge >= 0.3 is 0 Å². The topological polar surface area (TPSA) is 37.3 Å². The van der Waals surface area contributed by atoms with E-state index in [9.17, 15) is 9.90 Å². The van der Waals surface area contributed by atoms with Crippen molar-refractivity contribution in [1.82, 2.24) is 0 Å². The summed E-state index contributed by atoms with van der Waals surface area (Å²) in [7, 11) is 0. The monoisotopic (exact) mass is 356 g/mol. The van der Waals surface area contributed by atoms with Crippen molar-refractivity contribution in [2.45, 2.75) is 81.6 Å². The second-order valence-electron chi connectivity index (χ2n) is 11.5. The summed E-state index contributed by atoms with van der Waals surface area (Å²) in [5.41, 5.74) is 3.74. The Balaban J connectivity index is 2.23. The molecule has 0 aromatic carbocycles. The van der Waals surface area contributed by atoms with E-state index < -0.39 is 0 Å². The van der Waals surface area contributed by atoms with Crippen LogP contribution in [0.4, 0.5) is 0 Å². The molecule has 2 atom stereocenters. The van der Waals surface area contributed by atoms with Crippen LogP contribution < -0.4 is 0 Å². The molecule has 0 aliphatic heterocycles. The first-order valence-electron chi connectivity index (χ1n) is 10.1. The van der Waals surface area contributed by atoms with Crippen LogP contribution in [0.5, 0.6) is 0 Å². The molecule has 2 saturated carbocycles. The lowest BCUT2D eigenvalue weighted by molar-refractivity contribution is -0.125. The number of carbonyl (C=O) groups excluding carboxylic acids is 1. The molecule has 0 aromatic heterocycles. The molecule has 1 N–H and O–H groups in total. The Hall–Kier alpha value is -1.31. The molecular formula is C24H36O2. The largest absolute Gasteiger partial charge is 0.508 e. The summed E-state index contributed by atoms with van der Waals surface area (Å²) in [5.74, 6) is 1.14. The summed E-state index contributed by atoms with van der Waals surface area (Å²) in [6.45, 7) is 19.6. The Morgan fingerprint density at radius 3 is 2.04 bits per heavy atom. The molecule has 0 spiro atoms. The molecule has 0 heterocycles. The molecule has 26 heavy (non-hydrogen) atoms. The second-order valence-corrected chi connectivity index (χ2v) is 11.5. The zero-order valence-corrected chi connectivity index (χ0v) is 18.1. The average Bonchev–Trinajstić information content (AvgIpc) is 2.77. The Morgan fingerprint density at radius 1 is 1.04 bits per heavy atom. The highest BCUT2D eigenvalue weighted by Gasteiger charge is 2.64. The van der Waals surface area contributed by atoms with Gasteiger partial charge in [0.15, 0.2) is 5.78 Å². The number of carbonyl (C=O) groups is 1. The SMILES string of the molecule is CC(C)(C)C1=CC(=C2C(=O)C3(C)CCC2C3(C)C)CC(C(C)(C)C)=C1O. The zero-order chi connectivity index (χ0) is 19.9. The van der Waals surface area contributed by atoms with Crippen LogP contribution in [0.3, 0.4) is 0 Å². The van der Waals surface area contributed by atoms with E-state index in [1.54, 1.807) is 0 Å². The van der Waals surface area contributed by atoms with Crippen molar-refractivity contribution < 1.29 is 9.90 Å². The molecule has 2 fully saturated rings. The molecular weight excluding hydrogens is 320 g/mol. The van der Waals surface area contributed by atoms with E-state index in [1.807, 2.05) is 0 Å². The maximum Gasteiger partial charge on any atom is 0.165 e. The van der Waals surface area contributed by atoms with Gasteiger partial charge in [0, 0.05) is 11.0 Å². The number of rotatable bonds is 0. The molecule has 2 nitrogen and oxygen atoms in total. The molecule has 0 aromatic rings. The minimum absolute atomic E-state index is 0.0211. The third kappa shape index (κ3) is 2.47. The van der Waals surface area contributed by atoms with Gasteiger partial charge in [-0.2, -0.15) is 0 Å². The molecule has 2 unspecified atom stereocenters. The fraction of sp³-hybridized carbons (Fsp3) is 0.708. The van der Waals surface area contributed by atoms with Gasteiger partial charge in [-0.3, -0.25) is 4.79 Å². The third-order valence-corrected chi connectivity index (χ3v) is 7.61. The number of hydrogen-bond acceptors (Lipinski definition) is 2. The van der Waals surface area contributed by atoms with Crippen LogP contribution >= 0.6 is 0 Å². The molecule has 2 heteroatoms. The first kappa shape index (κ1) is 19.5. The highest BCUT2D eigenvalue weighted by molar-refractivity contribution is 6.05. The van der Waals surface area contributed by atoms with E-state index in [4.69, 9.17) is 0 Å². The predicted octanol–water partition coefficient (Wildman–Crippen LogP) is 6.54. The number of ketones is 1. The Kier molecular flexibility index (Phi) is 4.01. The van der Waals surface area contributed by atoms with E-state index in [2.05, 4.69) is 68.4 Å². The molecule has 3 aliphatic rings. The minimum atomic E-state index is -0.235. The quantitative estimate of drug-likeness (QED) is 0.500. The summed E-state index contributed by atoms with van der Waals surface area (Å²) in [4.78, 5) is 13.4. The average molecular weight is 357 g/mol. The Labute approximate surface area is 159 Å². The summed E-state index contributed by atoms with van der Waals surface area (Å²) >= 11 is 0. The van der Waals surface area contributed by atoms with Crippen LogP contribution in [-0.2, 0) is 4.79 Å². The number of hydrogen-bond donors (Lipinski definition) is 1. The lowest BCUT2D eigenvalue weighted by Gasteiger charge is -2.35. The number of allylic oxidation sites excluding steroid dienone is 5. The van der Waals surface area contributed by atoms with Crippen molar-refractivity contribution >= 4 is 5.78 Å². The number of aliphatic hydroxyl groups excluding tert-OH is 1. The maximum atomic E-state index is 13.4. The molecule has 0 radical (unpaired) electrons. The van der Waals surface area contributed by atoms with Crippen molar-refractivity contribution in [3.05, 3.63) is 34.1 Å². The van der Waals surface area contributed by atoms with Gasteiger partial charge in [-0.1, -0.05) is 68.4 Å². The van der Waals surface area contributed by atoms with Crippen LogP contribution in [-0.4, -0.2) is 10.9 Å². The van der Waals surface area contributed by atoms with Crippen molar-refractivity contribution in [1.29, 1.82) is 0 Å². The van der Waals surface area contributed by atoms with Crippen LogP contribution in [0.1, 0.15) is 81.6 Å². The first-order chi connectivity index (χ1) is 11.6. The van der Waals surface area contributed by atoms with Crippen molar-refractivity contribution in [2.75, 3.05) is 0 Å². The lowest BCUT2D eigenvalue weighted by Crippen LogP contribution is -2.32. The van der Waals surface area contributed by atoms with Crippen LogP contribution in [0, 0.1) is 27.6 Å². The summed E-state index contributed by atoms with van der Waals surface area (Å²) < 4.78 is 0. The van der Waals surface area contributed by atoms with Crippen molar-refractivity contribution in [2.24, 2.45) is 27.6 Å². The predicted molar refractivity (Wildman–Crippen MR) is 108 cm³/mol. The number of aliphatic hydroxyl groups is 1. The van der Waals surface area contributed by atoms with Crippen molar-refractivity contribution in [3.63, 3.8) is 0 Å². The third-order valence-electron chi connectivity index (χ3n) is 7.61. The van der Waals surface area contributed by atoms with E-state index in [0.717, 1.165) is 35.1 Å². The standard InChI is InChI=1S/C24H36O2/c1-21(2,3)16-12-14(13-17(19(16)25)22(4,5)6)18-15-10-11-24(9,20(18)26)23(15,7)8/h12,15,25H,10-11,13H2,1-9H3. The van der Waals surface area contributed by atoms with Gasteiger partial charge < -0.3 is 5.11 Å². The van der Waals surface area contributed by atoms with Crippen LogP contribution in [0.15, 0.2) is 34.1 Å². The second kappa shape index (κ2) is 5.36. The molecule has 0 amide bonds. The van der Waals surface area contributed by atoms with E-state index >= 15 is 0 Å². The zero-order valence-electron chi connectivity index (χ0n) is 18.1. The van der Waals surface area contributed by atoms with E-state index in [0.29, 0.717) is 23.9 Å². The molecule has 144 valence electrons. The van der Waals surface area contributed by atoms with Gasteiger partial charge in [-0.15, -0.1) is 0 Å². The molecule has 0 saturated heterocycles. The van der Waals surface area contributed by atoms with Gasteiger partial charge in [-0.05, 0) is 58.1 Å². The fourth-order valence-electron chi connectivity index (χ4n) is 5.33. The smallest absolute Gasteiger partial charge is 0.165 e. The highest BCUT2D eigenvalue weighted by Crippen LogP contribution is 2.66. The van der Waals surface area contributed by atoms with E-state index in [-0.39, 0.29) is 21.7 Å². The number of Topliss-reactive ketones (excluding diaryl/α,β-unsaturated/α-hetero) is 1. The molecule has 2 bridgehead atoms. The van der Waals surface area contributed by atoms with Gasteiger partial charge in [0.25, 0.3) is 0 Å². The van der Waals surface area contributed by atoms with Crippen LogP contribution in [0.25, 0.3) is 0 Å². The minimum Gasteiger partial charge on any atom is -0.508 e. The lowest BCUT2D eigenvalue weighted by atomic mass is 9.70. The highest BCUT2D eigenvalue weighted by atomic mass is 16.3. The fourth-order valence-corrected chi connectivity index (χ4v) is 5.33. The van der Waals surface area contributed by atoms with Crippen molar-refractivity contribution in [3.8, 4) is 0 Å². The number of fused-ring (bicyclic) bond motifs is 2. The molecule has 3 rings (SSSR count). The van der Waals surface area contributed by atoms with Gasteiger partial charge in [-0.25, -0.2) is 0 Å². The normalized spacial score (nSPS) is 34.6. The van der Waals surface area contributed by atoms with Crippen LogP contribution in [0.2, 0.25) is 0 Å². The molecule has 3 aliphatic carbocycles. The summed E-state index contributed by atoms with van der Waals surface area (Å²) in [5, 5.41) is 11.0.